The van der Waals surface area contributed by atoms with E-state index in [-0.39, 0.29) is 18.4 Å². The second-order valence-corrected chi connectivity index (χ2v) is 4.92. The summed E-state index contributed by atoms with van der Waals surface area (Å²) in [6, 6.07) is 2.41. The minimum Gasteiger partial charge on any atom is -0.478 e. The van der Waals surface area contributed by atoms with Crippen LogP contribution in [0.25, 0.3) is 0 Å². The molecule has 0 unspecified atom stereocenters. The van der Waals surface area contributed by atoms with Gasteiger partial charge in [0.1, 0.15) is 0 Å². The average Bonchev–Trinajstić information content (AvgIpc) is 2.87. The van der Waals surface area contributed by atoms with Gasteiger partial charge in [-0.25, -0.2) is 8.78 Å². The Morgan fingerprint density at radius 2 is 1.95 bits per heavy atom. The van der Waals surface area contributed by atoms with Gasteiger partial charge in [0.2, 0.25) is 0 Å². The molecule has 0 amide bonds. The Labute approximate surface area is 121 Å². The molecule has 0 saturated carbocycles. The molecule has 0 bridgehead atoms. The van der Waals surface area contributed by atoms with Gasteiger partial charge in [0.25, 0.3) is 5.89 Å². The highest BCUT2D eigenvalue weighted by molar-refractivity contribution is 5.31. The summed E-state index contributed by atoms with van der Waals surface area (Å²) in [6.45, 7) is 3.94. The molecule has 0 fully saturated rings. The van der Waals surface area contributed by atoms with E-state index in [0.29, 0.717) is 24.4 Å². The van der Waals surface area contributed by atoms with Crippen LogP contribution >= 0.6 is 0 Å². The molecule has 0 spiro atoms. The van der Waals surface area contributed by atoms with Gasteiger partial charge in [-0.2, -0.15) is 4.98 Å². The lowest BCUT2D eigenvalue weighted by atomic mass is 10.1. The van der Waals surface area contributed by atoms with E-state index in [1.54, 1.807) is 0 Å². The zero-order valence-electron chi connectivity index (χ0n) is 11.9. The first-order valence-corrected chi connectivity index (χ1v) is 6.64. The van der Waals surface area contributed by atoms with Crippen LogP contribution in [-0.4, -0.2) is 16.7 Å². The zero-order chi connectivity index (χ0) is 15.4. The van der Waals surface area contributed by atoms with Crippen molar-refractivity contribution in [3.8, 4) is 5.75 Å². The lowest BCUT2D eigenvalue weighted by Gasteiger charge is -2.08. The molecule has 0 atom stereocenters. The van der Waals surface area contributed by atoms with E-state index in [4.69, 9.17) is 15.0 Å². The van der Waals surface area contributed by atoms with Crippen LogP contribution in [0.5, 0.6) is 5.75 Å². The average molecular weight is 297 g/mol. The SMILES string of the molecule is CC(C)c1noc(COc2c(F)cc(CCN)cc2F)n1. The summed E-state index contributed by atoms with van der Waals surface area (Å²) in [6.07, 6.45) is 0.398. The van der Waals surface area contributed by atoms with Gasteiger partial charge in [0, 0.05) is 5.92 Å². The summed E-state index contributed by atoms with van der Waals surface area (Å²) >= 11 is 0. The van der Waals surface area contributed by atoms with Crippen LogP contribution in [0.4, 0.5) is 8.78 Å². The van der Waals surface area contributed by atoms with Gasteiger partial charge < -0.3 is 15.0 Å². The summed E-state index contributed by atoms with van der Waals surface area (Å²) in [4.78, 5) is 4.07. The molecule has 5 nitrogen and oxygen atoms in total. The monoisotopic (exact) mass is 297 g/mol. The third-order valence-corrected chi connectivity index (χ3v) is 2.83. The first-order chi connectivity index (χ1) is 10.0. The number of hydrogen-bond acceptors (Lipinski definition) is 5. The number of hydrogen-bond donors (Lipinski definition) is 1. The predicted octanol–water partition coefficient (Wildman–Crippen LogP) is 2.55. The molecule has 1 aromatic carbocycles. The summed E-state index contributed by atoms with van der Waals surface area (Å²) in [5.41, 5.74) is 5.84. The number of nitrogens with two attached hydrogens (primary N) is 1. The van der Waals surface area contributed by atoms with Crippen LogP contribution in [0.1, 0.15) is 37.0 Å². The predicted molar refractivity (Wildman–Crippen MR) is 71.8 cm³/mol. The molecule has 0 saturated heterocycles. The van der Waals surface area contributed by atoms with Crippen LogP contribution < -0.4 is 10.5 Å². The highest BCUT2D eigenvalue weighted by atomic mass is 19.1. The Balaban J connectivity index is 2.08. The van der Waals surface area contributed by atoms with E-state index in [9.17, 15) is 8.78 Å². The Morgan fingerprint density at radius 1 is 1.29 bits per heavy atom. The van der Waals surface area contributed by atoms with Crippen molar-refractivity contribution in [2.45, 2.75) is 32.8 Å². The van der Waals surface area contributed by atoms with Gasteiger partial charge in [0.05, 0.1) is 0 Å². The Kier molecular flexibility index (Phi) is 4.85. The summed E-state index contributed by atoms with van der Waals surface area (Å²) in [5, 5.41) is 3.74. The lowest BCUT2D eigenvalue weighted by molar-refractivity contribution is 0.224. The second-order valence-electron chi connectivity index (χ2n) is 4.92. The van der Waals surface area contributed by atoms with Crippen molar-refractivity contribution in [2.24, 2.45) is 5.73 Å². The number of aromatic nitrogens is 2. The summed E-state index contributed by atoms with van der Waals surface area (Å²) in [7, 11) is 0. The van der Waals surface area contributed by atoms with Crippen molar-refractivity contribution >= 4 is 0 Å². The maximum Gasteiger partial charge on any atom is 0.264 e. The van der Waals surface area contributed by atoms with Gasteiger partial charge in [-0.3, -0.25) is 0 Å². The first kappa shape index (κ1) is 15.4. The van der Waals surface area contributed by atoms with Crippen LogP contribution in [0.15, 0.2) is 16.7 Å². The van der Waals surface area contributed by atoms with Crippen molar-refractivity contribution in [1.29, 1.82) is 0 Å². The van der Waals surface area contributed by atoms with Crippen molar-refractivity contribution in [3.05, 3.63) is 41.0 Å². The van der Waals surface area contributed by atoms with Crippen molar-refractivity contribution < 1.29 is 18.0 Å². The molecule has 7 heteroatoms. The normalized spacial score (nSPS) is 11.1. The first-order valence-electron chi connectivity index (χ1n) is 6.64. The lowest BCUT2D eigenvalue weighted by Crippen LogP contribution is -2.05. The summed E-state index contributed by atoms with van der Waals surface area (Å²) < 4.78 is 37.6. The highest BCUT2D eigenvalue weighted by Crippen LogP contribution is 2.24. The number of nitrogens with zero attached hydrogens (tertiary/aromatic N) is 2. The van der Waals surface area contributed by atoms with Crippen molar-refractivity contribution in [2.75, 3.05) is 6.54 Å². The van der Waals surface area contributed by atoms with E-state index >= 15 is 0 Å². The molecular weight excluding hydrogens is 280 g/mol. The molecule has 0 radical (unpaired) electrons. The number of rotatable bonds is 6. The minimum atomic E-state index is -0.776. The number of ether oxygens (including phenoxy) is 1. The zero-order valence-corrected chi connectivity index (χ0v) is 11.9. The fourth-order valence-corrected chi connectivity index (χ4v) is 1.76. The third-order valence-electron chi connectivity index (χ3n) is 2.83. The maximum atomic E-state index is 13.8. The topological polar surface area (TPSA) is 74.2 Å². The fraction of sp³-hybridized carbons (Fsp3) is 0.429. The third kappa shape index (κ3) is 3.75. The number of benzene rings is 1. The van der Waals surface area contributed by atoms with Crippen molar-refractivity contribution in [3.63, 3.8) is 0 Å². The molecule has 21 heavy (non-hydrogen) atoms. The highest BCUT2D eigenvalue weighted by Gasteiger charge is 2.15. The van der Waals surface area contributed by atoms with E-state index < -0.39 is 17.4 Å². The quantitative estimate of drug-likeness (QED) is 0.887. The Bertz CT molecular complexity index is 591. The molecule has 1 aromatic heterocycles. The summed E-state index contributed by atoms with van der Waals surface area (Å²) in [5.74, 6) is -1.22. The van der Waals surface area contributed by atoms with Gasteiger partial charge in [-0.1, -0.05) is 19.0 Å². The molecule has 2 rings (SSSR count). The molecule has 1 heterocycles. The van der Waals surface area contributed by atoms with Gasteiger partial charge in [-0.05, 0) is 30.7 Å². The minimum absolute atomic E-state index is 0.103. The maximum absolute atomic E-state index is 13.8. The largest absolute Gasteiger partial charge is 0.478 e. The van der Waals surface area contributed by atoms with Crippen LogP contribution in [0.3, 0.4) is 0 Å². The Hall–Kier alpha value is -2.02. The smallest absolute Gasteiger partial charge is 0.264 e. The standard InChI is InChI=1S/C14H17F2N3O2/c1-8(2)14-18-12(21-19-14)7-20-13-10(15)5-9(3-4-17)6-11(13)16/h5-6,8H,3-4,7,17H2,1-2H3. The van der Waals surface area contributed by atoms with E-state index in [2.05, 4.69) is 10.1 Å². The van der Waals surface area contributed by atoms with E-state index in [1.165, 1.54) is 12.1 Å². The second kappa shape index (κ2) is 6.62. The molecule has 0 aliphatic rings. The van der Waals surface area contributed by atoms with Gasteiger partial charge in [-0.15, -0.1) is 0 Å². The van der Waals surface area contributed by atoms with Gasteiger partial charge in [0.15, 0.2) is 29.8 Å². The Morgan fingerprint density at radius 3 is 2.48 bits per heavy atom. The van der Waals surface area contributed by atoms with Crippen molar-refractivity contribution in [1.82, 2.24) is 10.1 Å². The number of halogens is 2. The molecule has 114 valence electrons. The fourth-order valence-electron chi connectivity index (χ4n) is 1.76. The molecule has 2 N–H and O–H groups in total. The van der Waals surface area contributed by atoms with Crippen LogP contribution in [-0.2, 0) is 13.0 Å². The van der Waals surface area contributed by atoms with Crippen LogP contribution in [0, 0.1) is 11.6 Å². The molecule has 0 aliphatic heterocycles. The van der Waals surface area contributed by atoms with Crippen LogP contribution in [0.2, 0.25) is 0 Å². The van der Waals surface area contributed by atoms with E-state index in [1.807, 2.05) is 13.8 Å². The molecular formula is C14H17F2N3O2. The van der Waals surface area contributed by atoms with Gasteiger partial charge >= 0.3 is 0 Å². The molecule has 0 aliphatic carbocycles. The van der Waals surface area contributed by atoms with E-state index in [0.717, 1.165) is 0 Å². The molecule has 2 aromatic rings.